The van der Waals surface area contributed by atoms with E-state index in [0.29, 0.717) is 0 Å². The molecule has 0 bridgehead atoms. The lowest BCUT2D eigenvalue weighted by molar-refractivity contribution is -0.118. The molecule has 0 aromatic heterocycles. The molecule has 0 saturated heterocycles. The Balaban J connectivity index is 3.17. The van der Waals surface area contributed by atoms with Crippen LogP contribution in [0.15, 0.2) is 35.8 Å². The van der Waals surface area contributed by atoms with Crippen LogP contribution in [0.25, 0.3) is 6.08 Å². The van der Waals surface area contributed by atoms with Crippen molar-refractivity contribution in [1.29, 1.82) is 0 Å². The first-order valence-electron chi connectivity index (χ1n) is 5.28. The van der Waals surface area contributed by atoms with Crippen LogP contribution in [0.3, 0.4) is 0 Å². The standard InChI is InChI=1S/C12H16NO4P/c1-10(14)13-12(18(15,16-2)17-3)9-11-7-5-4-6-8-11/h4-9H,1-3H3,(H,13,14)/b12-9+. The quantitative estimate of drug-likeness (QED) is 0.834. The predicted molar refractivity (Wildman–Crippen MR) is 69.9 cm³/mol. The van der Waals surface area contributed by atoms with Crippen LogP contribution in [0, 0.1) is 0 Å². The van der Waals surface area contributed by atoms with E-state index in [4.69, 9.17) is 9.05 Å². The first kappa shape index (κ1) is 14.6. The van der Waals surface area contributed by atoms with Crippen LogP contribution >= 0.6 is 7.60 Å². The summed E-state index contributed by atoms with van der Waals surface area (Å²) in [5.74, 6) is -0.341. The predicted octanol–water partition coefficient (Wildman–Crippen LogP) is 2.61. The SMILES string of the molecule is COP(=O)(OC)/C(=C/c1ccccc1)NC(C)=O. The minimum Gasteiger partial charge on any atom is -0.320 e. The number of carbonyl (C=O) groups is 1. The Kier molecular flexibility index (Phi) is 5.28. The van der Waals surface area contributed by atoms with Crippen molar-refractivity contribution in [2.45, 2.75) is 6.92 Å². The minimum absolute atomic E-state index is 0.117. The van der Waals surface area contributed by atoms with Gasteiger partial charge in [0.15, 0.2) is 0 Å². The summed E-state index contributed by atoms with van der Waals surface area (Å²) < 4.78 is 22.0. The monoisotopic (exact) mass is 269 g/mol. The summed E-state index contributed by atoms with van der Waals surface area (Å²) in [6.45, 7) is 1.33. The molecule has 0 aliphatic heterocycles. The van der Waals surface area contributed by atoms with Gasteiger partial charge in [-0.05, 0) is 11.6 Å². The van der Waals surface area contributed by atoms with Gasteiger partial charge in [0.2, 0.25) is 5.91 Å². The average molecular weight is 269 g/mol. The maximum Gasteiger partial charge on any atom is 0.376 e. The Bertz CT molecular complexity index is 476. The second-order valence-corrected chi connectivity index (χ2v) is 5.69. The molecule has 18 heavy (non-hydrogen) atoms. The van der Waals surface area contributed by atoms with E-state index in [2.05, 4.69) is 5.32 Å². The van der Waals surface area contributed by atoms with Crippen molar-refractivity contribution in [1.82, 2.24) is 5.32 Å². The molecule has 0 aliphatic carbocycles. The van der Waals surface area contributed by atoms with Gasteiger partial charge in [-0.1, -0.05) is 30.3 Å². The Hall–Kier alpha value is -1.42. The fourth-order valence-electron chi connectivity index (χ4n) is 1.34. The van der Waals surface area contributed by atoms with Crippen LogP contribution in [-0.4, -0.2) is 20.1 Å². The van der Waals surface area contributed by atoms with Gasteiger partial charge in [-0.3, -0.25) is 9.36 Å². The first-order chi connectivity index (χ1) is 8.51. The summed E-state index contributed by atoms with van der Waals surface area (Å²) in [4.78, 5) is 11.1. The smallest absolute Gasteiger partial charge is 0.320 e. The summed E-state index contributed by atoms with van der Waals surface area (Å²) in [7, 11) is -0.944. The van der Waals surface area contributed by atoms with Crippen molar-refractivity contribution in [3.63, 3.8) is 0 Å². The highest BCUT2D eigenvalue weighted by Gasteiger charge is 2.28. The molecule has 5 nitrogen and oxygen atoms in total. The molecule has 98 valence electrons. The van der Waals surface area contributed by atoms with E-state index in [0.717, 1.165) is 5.56 Å². The molecule has 1 aromatic rings. The van der Waals surface area contributed by atoms with Crippen LogP contribution in [-0.2, 0) is 18.4 Å². The van der Waals surface area contributed by atoms with E-state index < -0.39 is 7.60 Å². The molecule has 0 unspecified atom stereocenters. The van der Waals surface area contributed by atoms with E-state index in [1.807, 2.05) is 30.3 Å². The summed E-state index contributed by atoms with van der Waals surface area (Å²) in [5, 5.41) is 2.48. The van der Waals surface area contributed by atoms with Gasteiger partial charge in [0.25, 0.3) is 0 Å². The lowest BCUT2D eigenvalue weighted by Crippen LogP contribution is -2.20. The van der Waals surface area contributed by atoms with Gasteiger partial charge in [0.1, 0.15) is 5.44 Å². The fourth-order valence-corrected chi connectivity index (χ4v) is 2.49. The highest BCUT2D eigenvalue weighted by Crippen LogP contribution is 2.53. The van der Waals surface area contributed by atoms with Crippen molar-refractivity contribution in [2.75, 3.05) is 14.2 Å². The number of amides is 1. The maximum absolute atomic E-state index is 12.3. The van der Waals surface area contributed by atoms with Crippen LogP contribution in [0.4, 0.5) is 0 Å². The van der Waals surface area contributed by atoms with Gasteiger partial charge in [-0.15, -0.1) is 0 Å². The minimum atomic E-state index is -3.48. The number of hydrogen-bond acceptors (Lipinski definition) is 4. The normalized spacial score (nSPS) is 12.3. The zero-order valence-electron chi connectivity index (χ0n) is 10.5. The molecular weight excluding hydrogens is 253 g/mol. The van der Waals surface area contributed by atoms with Gasteiger partial charge in [0, 0.05) is 21.1 Å². The van der Waals surface area contributed by atoms with Gasteiger partial charge < -0.3 is 14.4 Å². The summed E-state index contributed by atoms with van der Waals surface area (Å²) in [6.07, 6.45) is 1.56. The lowest BCUT2D eigenvalue weighted by atomic mass is 10.2. The molecule has 0 aliphatic rings. The van der Waals surface area contributed by atoms with E-state index in [-0.39, 0.29) is 11.3 Å². The second-order valence-electron chi connectivity index (χ2n) is 3.48. The molecule has 0 saturated carbocycles. The zero-order chi connectivity index (χ0) is 13.6. The lowest BCUT2D eigenvalue weighted by Gasteiger charge is -2.17. The summed E-state index contributed by atoms with van der Waals surface area (Å²) in [6, 6.07) is 9.17. The van der Waals surface area contributed by atoms with Crippen molar-refractivity contribution in [3.8, 4) is 0 Å². The molecule has 0 radical (unpaired) electrons. The third kappa shape index (κ3) is 3.81. The highest BCUT2D eigenvalue weighted by atomic mass is 31.2. The number of hydrogen-bond donors (Lipinski definition) is 1. The van der Waals surface area contributed by atoms with Gasteiger partial charge in [0.05, 0.1) is 0 Å². The number of rotatable bonds is 5. The van der Waals surface area contributed by atoms with Crippen molar-refractivity contribution < 1.29 is 18.4 Å². The molecule has 1 aromatic carbocycles. The van der Waals surface area contributed by atoms with Gasteiger partial charge in [-0.2, -0.15) is 0 Å². The molecule has 1 amide bonds. The van der Waals surface area contributed by atoms with Crippen molar-refractivity contribution in [2.24, 2.45) is 0 Å². The molecule has 6 heteroatoms. The topological polar surface area (TPSA) is 64.6 Å². The van der Waals surface area contributed by atoms with E-state index in [1.165, 1.54) is 21.1 Å². The highest BCUT2D eigenvalue weighted by molar-refractivity contribution is 7.58. The number of nitrogens with one attached hydrogen (secondary N) is 1. The van der Waals surface area contributed by atoms with Crippen LogP contribution < -0.4 is 5.32 Å². The molecule has 0 heterocycles. The van der Waals surface area contributed by atoms with Crippen molar-refractivity contribution in [3.05, 3.63) is 41.3 Å². The van der Waals surface area contributed by atoms with E-state index in [9.17, 15) is 9.36 Å². The summed E-state index contributed by atoms with van der Waals surface area (Å²) in [5.41, 5.74) is 0.904. The largest absolute Gasteiger partial charge is 0.376 e. The molecule has 0 atom stereocenters. The summed E-state index contributed by atoms with van der Waals surface area (Å²) >= 11 is 0. The third-order valence-electron chi connectivity index (χ3n) is 2.18. The van der Waals surface area contributed by atoms with Gasteiger partial charge >= 0.3 is 7.60 Å². The van der Waals surface area contributed by atoms with Gasteiger partial charge in [-0.25, -0.2) is 0 Å². The van der Waals surface area contributed by atoms with E-state index >= 15 is 0 Å². The Morgan fingerprint density at radius 1 is 1.22 bits per heavy atom. The number of carbonyl (C=O) groups excluding carboxylic acids is 1. The number of benzene rings is 1. The van der Waals surface area contributed by atoms with Crippen LogP contribution in [0.1, 0.15) is 12.5 Å². The molecule has 0 fully saturated rings. The van der Waals surface area contributed by atoms with Crippen molar-refractivity contribution >= 4 is 19.6 Å². The van der Waals surface area contributed by atoms with Crippen LogP contribution in [0.2, 0.25) is 0 Å². The molecule has 0 spiro atoms. The maximum atomic E-state index is 12.3. The molecular formula is C12H16NO4P. The Morgan fingerprint density at radius 3 is 2.22 bits per heavy atom. The fraction of sp³-hybridized carbons (Fsp3) is 0.250. The molecule has 1 rings (SSSR count). The zero-order valence-corrected chi connectivity index (χ0v) is 11.4. The van der Waals surface area contributed by atoms with E-state index in [1.54, 1.807) is 6.08 Å². The first-order valence-corrected chi connectivity index (χ1v) is 6.82. The molecule has 1 N–H and O–H groups in total. The second kappa shape index (κ2) is 6.50. The van der Waals surface area contributed by atoms with Crippen LogP contribution in [0.5, 0.6) is 0 Å². The Morgan fingerprint density at radius 2 is 1.78 bits per heavy atom. The Labute approximate surface area is 106 Å². The third-order valence-corrected chi connectivity index (χ3v) is 3.98. The average Bonchev–Trinajstić information content (AvgIpc) is 2.38.